The van der Waals surface area contributed by atoms with E-state index in [4.69, 9.17) is 32.7 Å². The van der Waals surface area contributed by atoms with Gasteiger partial charge in [0, 0.05) is 11.1 Å². The maximum absolute atomic E-state index is 6.00. The van der Waals surface area contributed by atoms with Gasteiger partial charge < -0.3 is 9.47 Å². The van der Waals surface area contributed by atoms with Gasteiger partial charge in [0.2, 0.25) is 0 Å². The molecule has 15 heavy (non-hydrogen) atoms. The second kappa shape index (κ2) is 6.09. The summed E-state index contributed by atoms with van der Waals surface area (Å²) in [5.74, 6) is 1.17. The predicted octanol–water partition coefficient (Wildman–Crippen LogP) is 4.18. The Bertz CT molecular complexity index is 327. The van der Waals surface area contributed by atoms with E-state index in [1.807, 2.05) is 13.8 Å². The van der Waals surface area contributed by atoms with Gasteiger partial charge in [-0.05, 0) is 19.4 Å². The predicted molar refractivity (Wildman–Crippen MR) is 63.4 cm³/mol. The molecule has 0 aliphatic rings. The minimum Gasteiger partial charge on any atom is -0.490 e. The van der Waals surface area contributed by atoms with Crippen LogP contribution in [0.4, 0.5) is 0 Å². The quantitative estimate of drug-likeness (QED) is 0.779. The third kappa shape index (κ3) is 3.47. The molecule has 84 valence electrons. The summed E-state index contributed by atoms with van der Waals surface area (Å²) in [7, 11) is 0. The van der Waals surface area contributed by atoms with E-state index in [0.29, 0.717) is 34.8 Å². The van der Waals surface area contributed by atoms with Crippen molar-refractivity contribution in [2.75, 3.05) is 13.2 Å². The van der Waals surface area contributed by atoms with Crippen LogP contribution < -0.4 is 9.47 Å². The van der Waals surface area contributed by atoms with Gasteiger partial charge in [0.15, 0.2) is 11.5 Å². The summed E-state index contributed by atoms with van der Waals surface area (Å²) < 4.78 is 10.9. The highest BCUT2D eigenvalue weighted by Crippen LogP contribution is 2.38. The van der Waals surface area contributed by atoms with Crippen LogP contribution in [0.3, 0.4) is 0 Å². The highest BCUT2D eigenvalue weighted by molar-refractivity contribution is 6.35. The highest BCUT2D eigenvalue weighted by atomic mass is 35.5. The highest BCUT2D eigenvalue weighted by Gasteiger charge is 2.11. The Morgan fingerprint density at radius 3 is 2.47 bits per heavy atom. The summed E-state index contributed by atoms with van der Waals surface area (Å²) in [6, 6.07) is 3.36. The number of halogens is 2. The number of ether oxygens (including phenoxy) is 2. The van der Waals surface area contributed by atoms with Crippen LogP contribution in [0.25, 0.3) is 0 Å². The molecule has 1 rings (SSSR count). The van der Waals surface area contributed by atoms with E-state index in [1.165, 1.54) is 0 Å². The second-order valence-corrected chi connectivity index (χ2v) is 3.84. The largest absolute Gasteiger partial charge is 0.490 e. The van der Waals surface area contributed by atoms with Crippen molar-refractivity contribution in [3.8, 4) is 11.5 Å². The molecule has 0 aromatic heterocycles. The topological polar surface area (TPSA) is 18.5 Å². The van der Waals surface area contributed by atoms with Crippen LogP contribution in [0.5, 0.6) is 11.5 Å². The van der Waals surface area contributed by atoms with E-state index in [9.17, 15) is 0 Å². The van der Waals surface area contributed by atoms with Gasteiger partial charge in [0.25, 0.3) is 0 Å². The van der Waals surface area contributed by atoms with Crippen molar-refractivity contribution in [3.05, 3.63) is 22.2 Å². The summed E-state index contributed by atoms with van der Waals surface area (Å²) >= 11 is 11.9. The Balaban J connectivity index is 2.97. The summed E-state index contributed by atoms with van der Waals surface area (Å²) in [6.45, 7) is 5.10. The lowest BCUT2D eigenvalue weighted by atomic mass is 10.3. The molecule has 4 heteroatoms. The fourth-order valence-electron chi connectivity index (χ4n) is 1.14. The third-order valence-corrected chi connectivity index (χ3v) is 2.22. The molecule has 1 aromatic rings. The van der Waals surface area contributed by atoms with Crippen molar-refractivity contribution < 1.29 is 9.47 Å². The first-order valence-corrected chi connectivity index (χ1v) is 5.69. The van der Waals surface area contributed by atoms with E-state index in [0.717, 1.165) is 6.42 Å². The van der Waals surface area contributed by atoms with Gasteiger partial charge in [-0.25, -0.2) is 0 Å². The fraction of sp³-hybridized carbons (Fsp3) is 0.455. The molecule has 0 amide bonds. The van der Waals surface area contributed by atoms with Crippen LogP contribution in [0.2, 0.25) is 10.0 Å². The van der Waals surface area contributed by atoms with Crippen molar-refractivity contribution in [1.82, 2.24) is 0 Å². The van der Waals surface area contributed by atoms with Crippen LogP contribution in [0, 0.1) is 0 Å². The summed E-state index contributed by atoms with van der Waals surface area (Å²) in [6.07, 6.45) is 0.926. The first kappa shape index (κ1) is 12.5. The number of hydrogen-bond acceptors (Lipinski definition) is 2. The normalized spacial score (nSPS) is 10.1. The molecule has 0 aliphatic heterocycles. The molecule has 0 N–H and O–H groups in total. The molecule has 0 saturated carbocycles. The molecule has 1 aromatic carbocycles. The van der Waals surface area contributed by atoms with Gasteiger partial charge in [0.1, 0.15) is 0 Å². The zero-order chi connectivity index (χ0) is 11.3. The van der Waals surface area contributed by atoms with Crippen molar-refractivity contribution in [1.29, 1.82) is 0 Å². The molecule has 2 nitrogen and oxygen atoms in total. The van der Waals surface area contributed by atoms with Gasteiger partial charge in [-0.2, -0.15) is 0 Å². The molecule has 0 atom stereocenters. The van der Waals surface area contributed by atoms with Crippen molar-refractivity contribution in [2.24, 2.45) is 0 Å². The Labute approximate surface area is 100 Å². The van der Waals surface area contributed by atoms with E-state index >= 15 is 0 Å². The molecule has 0 aliphatic carbocycles. The SMILES string of the molecule is CCCOc1cc(Cl)cc(Cl)c1OCC. The van der Waals surface area contributed by atoms with Crippen molar-refractivity contribution in [2.45, 2.75) is 20.3 Å². The summed E-state index contributed by atoms with van der Waals surface area (Å²) in [5, 5.41) is 1.03. The number of hydrogen-bond donors (Lipinski definition) is 0. The van der Waals surface area contributed by atoms with Crippen LogP contribution >= 0.6 is 23.2 Å². The van der Waals surface area contributed by atoms with Crippen LogP contribution in [-0.2, 0) is 0 Å². The molecule has 0 spiro atoms. The average Bonchev–Trinajstić information content (AvgIpc) is 2.19. The molecule has 0 radical (unpaired) electrons. The smallest absolute Gasteiger partial charge is 0.179 e. The van der Waals surface area contributed by atoms with Gasteiger partial charge in [0.05, 0.1) is 18.2 Å². The Kier molecular flexibility index (Phi) is 5.06. The molecule has 0 bridgehead atoms. The lowest BCUT2D eigenvalue weighted by molar-refractivity contribution is 0.277. The first-order valence-electron chi connectivity index (χ1n) is 4.93. The average molecular weight is 249 g/mol. The van der Waals surface area contributed by atoms with E-state index in [1.54, 1.807) is 12.1 Å². The van der Waals surface area contributed by atoms with Crippen LogP contribution in [0.15, 0.2) is 12.1 Å². The lowest BCUT2D eigenvalue weighted by Crippen LogP contribution is -2.00. The van der Waals surface area contributed by atoms with Crippen LogP contribution in [0.1, 0.15) is 20.3 Å². The molecule has 0 fully saturated rings. The van der Waals surface area contributed by atoms with Gasteiger partial charge in [-0.3, -0.25) is 0 Å². The molecule has 0 heterocycles. The monoisotopic (exact) mass is 248 g/mol. The van der Waals surface area contributed by atoms with E-state index in [2.05, 4.69) is 0 Å². The number of rotatable bonds is 5. The Morgan fingerprint density at radius 2 is 1.87 bits per heavy atom. The van der Waals surface area contributed by atoms with Crippen LogP contribution in [-0.4, -0.2) is 13.2 Å². The zero-order valence-corrected chi connectivity index (χ0v) is 10.4. The Morgan fingerprint density at radius 1 is 1.13 bits per heavy atom. The Hall–Kier alpha value is -0.600. The van der Waals surface area contributed by atoms with E-state index < -0.39 is 0 Å². The maximum atomic E-state index is 6.00. The number of benzene rings is 1. The summed E-state index contributed by atoms with van der Waals surface area (Å²) in [4.78, 5) is 0. The second-order valence-electron chi connectivity index (χ2n) is 3.00. The minimum atomic E-state index is 0.482. The van der Waals surface area contributed by atoms with Gasteiger partial charge >= 0.3 is 0 Å². The molecular formula is C11H14Cl2O2. The zero-order valence-electron chi connectivity index (χ0n) is 8.85. The maximum Gasteiger partial charge on any atom is 0.179 e. The van der Waals surface area contributed by atoms with Crippen molar-refractivity contribution >= 4 is 23.2 Å². The lowest BCUT2D eigenvalue weighted by Gasteiger charge is -2.13. The fourth-order valence-corrected chi connectivity index (χ4v) is 1.67. The van der Waals surface area contributed by atoms with E-state index in [-0.39, 0.29) is 0 Å². The standard InChI is InChI=1S/C11H14Cl2O2/c1-3-5-15-10-7-8(12)6-9(13)11(10)14-4-2/h6-7H,3-5H2,1-2H3. The van der Waals surface area contributed by atoms with Crippen molar-refractivity contribution in [3.63, 3.8) is 0 Å². The summed E-state index contributed by atoms with van der Waals surface area (Å²) in [5.41, 5.74) is 0. The first-order chi connectivity index (χ1) is 7.19. The molecule has 0 saturated heterocycles. The molecular weight excluding hydrogens is 235 g/mol. The third-order valence-electron chi connectivity index (χ3n) is 1.72. The molecule has 0 unspecified atom stereocenters. The van der Waals surface area contributed by atoms with Gasteiger partial charge in [-0.1, -0.05) is 30.1 Å². The van der Waals surface area contributed by atoms with Gasteiger partial charge in [-0.15, -0.1) is 0 Å². The minimum absolute atomic E-state index is 0.482.